The molecule has 1 aromatic rings. The first-order valence-corrected chi connectivity index (χ1v) is 6.92. The van der Waals surface area contributed by atoms with Crippen molar-refractivity contribution >= 4 is 11.6 Å². The minimum Gasteiger partial charge on any atom is -0.487 e. The van der Waals surface area contributed by atoms with Crippen LogP contribution in [-0.4, -0.2) is 42.4 Å². The van der Waals surface area contributed by atoms with E-state index in [9.17, 15) is 0 Å². The van der Waals surface area contributed by atoms with E-state index < -0.39 is 0 Å². The Morgan fingerprint density at radius 1 is 1.33 bits per heavy atom. The van der Waals surface area contributed by atoms with E-state index in [-0.39, 0.29) is 12.7 Å². The smallest absolute Gasteiger partial charge is 0.138 e. The largest absolute Gasteiger partial charge is 0.487 e. The average molecular weight is 270 g/mol. The van der Waals surface area contributed by atoms with Crippen molar-refractivity contribution in [3.63, 3.8) is 0 Å². The Morgan fingerprint density at radius 3 is 2.94 bits per heavy atom. The van der Waals surface area contributed by atoms with Gasteiger partial charge in [0.1, 0.15) is 11.9 Å². The molecule has 1 N–H and O–H groups in total. The highest BCUT2D eigenvalue weighted by Gasteiger charge is 2.23. The van der Waals surface area contributed by atoms with Gasteiger partial charge >= 0.3 is 0 Å². The molecule has 3 nitrogen and oxygen atoms in total. The molecule has 18 heavy (non-hydrogen) atoms. The molecule has 1 aliphatic rings. The molecule has 1 atom stereocenters. The second-order valence-corrected chi connectivity index (χ2v) is 5.10. The van der Waals surface area contributed by atoms with Gasteiger partial charge in [0.2, 0.25) is 0 Å². The number of likely N-dealkylation sites (tertiary alicyclic amines) is 1. The van der Waals surface area contributed by atoms with E-state index in [1.54, 1.807) is 0 Å². The van der Waals surface area contributed by atoms with E-state index in [1.807, 2.05) is 24.3 Å². The zero-order valence-corrected chi connectivity index (χ0v) is 11.3. The van der Waals surface area contributed by atoms with Crippen LogP contribution in [-0.2, 0) is 0 Å². The summed E-state index contributed by atoms with van der Waals surface area (Å²) >= 11 is 6.08. The number of para-hydroxylation sites is 1. The molecule has 0 amide bonds. The van der Waals surface area contributed by atoms with Crippen molar-refractivity contribution in [3.8, 4) is 5.75 Å². The Bertz CT molecular complexity index is 373. The third-order valence-corrected chi connectivity index (χ3v) is 3.55. The van der Waals surface area contributed by atoms with Gasteiger partial charge in [-0.25, -0.2) is 0 Å². The number of rotatable bonds is 6. The number of hydrogen-bond donors (Lipinski definition) is 1. The average Bonchev–Trinajstić information content (AvgIpc) is 2.80. The zero-order valence-electron chi connectivity index (χ0n) is 10.5. The fourth-order valence-electron chi connectivity index (χ4n) is 2.26. The second-order valence-electron chi connectivity index (χ2n) is 4.69. The van der Waals surface area contributed by atoms with Crippen molar-refractivity contribution in [1.29, 1.82) is 0 Å². The number of benzene rings is 1. The van der Waals surface area contributed by atoms with Crippen molar-refractivity contribution in [2.24, 2.45) is 0 Å². The molecule has 1 unspecified atom stereocenters. The Balaban J connectivity index is 1.77. The van der Waals surface area contributed by atoms with E-state index in [0.717, 1.165) is 44.6 Å². The summed E-state index contributed by atoms with van der Waals surface area (Å²) < 4.78 is 5.92. The summed E-state index contributed by atoms with van der Waals surface area (Å²) in [6.07, 6.45) is 3.21. The van der Waals surface area contributed by atoms with Gasteiger partial charge in [-0.1, -0.05) is 23.7 Å². The van der Waals surface area contributed by atoms with Gasteiger partial charge in [0.25, 0.3) is 0 Å². The molecule has 0 aromatic heterocycles. The van der Waals surface area contributed by atoms with Crippen LogP contribution in [0.5, 0.6) is 5.75 Å². The Morgan fingerprint density at radius 2 is 2.17 bits per heavy atom. The van der Waals surface area contributed by atoms with Crippen molar-refractivity contribution in [1.82, 2.24) is 4.90 Å². The standard InChI is InChI=1S/C14H20ClNO2/c15-13-5-1-2-6-14(13)18-12-7-9-16(11-12)8-3-4-10-17/h1-2,5-6,12,17H,3-4,7-11H2. The highest BCUT2D eigenvalue weighted by Crippen LogP contribution is 2.26. The monoisotopic (exact) mass is 269 g/mol. The minimum atomic E-state index is 0.235. The van der Waals surface area contributed by atoms with Gasteiger partial charge in [0.15, 0.2) is 0 Å². The number of halogens is 1. The highest BCUT2D eigenvalue weighted by molar-refractivity contribution is 6.32. The van der Waals surface area contributed by atoms with Crippen molar-refractivity contribution in [3.05, 3.63) is 29.3 Å². The van der Waals surface area contributed by atoms with Crippen molar-refractivity contribution < 1.29 is 9.84 Å². The topological polar surface area (TPSA) is 32.7 Å². The first-order valence-electron chi connectivity index (χ1n) is 6.54. The molecule has 1 saturated heterocycles. The molecule has 100 valence electrons. The summed E-state index contributed by atoms with van der Waals surface area (Å²) in [5.41, 5.74) is 0. The molecular formula is C14H20ClNO2. The van der Waals surface area contributed by atoms with E-state index >= 15 is 0 Å². The zero-order chi connectivity index (χ0) is 12.8. The molecule has 1 heterocycles. The quantitative estimate of drug-likeness (QED) is 0.806. The predicted molar refractivity (Wildman–Crippen MR) is 73.2 cm³/mol. The normalized spacial score (nSPS) is 20.2. The van der Waals surface area contributed by atoms with Crippen LogP contribution < -0.4 is 4.74 Å². The minimum absolute atomic E-state index is 0.235. The number of aliphatic hydroxyl groups is 1. The van der Waals surface area contributed by atoms with E-state index in [0.29, 0.717) is 5.02 Å². The number of aliphatic hydroxyl groups excluding tert-OH is 1. The van der Waals surface area contributed by atoms with E-state index in [1.165, 1.54) is 0 Å². The molecule has 1 fully saturated rings. The van der Waals surface area contributed by atoms with Crippen molar-refractivity contribution in [2.75, 3.05) is 26.2 Å². The van der Waals surface area contributed by atoms with Gasteiger partial charge in [-0.2, -0.15) is 0 Å². The molecule has 0 spiro atoms. The maximum Gasteiger partial charge on any atom is 0.138 e. The second kappa shape index (κ2) is 6.98. The van der Waals surface area contributed by atoms with Crippen LogP contribution >= 0.6 is 11.6 Å². The Kier molecular flexibility index (Phi) is 5.29. The first kappa shape index (κ1) is 13.7. The number of unbranched alkanes of at least 4 members (excludes halogenated alkanes) is 1. The lowest BCUT2D eigenvalue weighted by Crippen LogP contribution is -2.26. The molecule has 1 aliphatic heterocycles. The molecule has 0 bridgehead atoms. The summed E-state index contributed by atoms with van der Waals surface area (Å²) in [5.74, 6) is 0.779. The molecule has 0 aliphatic carbocycles. The highest BCUT2D eigenvalue weighted by atomic mass is 35.5. The Hall–Kier alpha value is -0.770. The fourth-order valence-corrected chi connectivity index (χ4v) is 2.44. The van der Waals surface area contributed by atoms with Crippen LogP contribution in [0.15, 0.2) is 24.3 Å². The summed E-state index contributed by atoms with van der Waals surface area (Å²) in [4.78, 5) is 2.39. The molecule has 2 rings (SSSR count). The van der Waals surface area contributed by atoms with Gasteiger partial charge in [0, 0.05) is 19.7 Å². The maximum atomic E-state index is 8.76. The third-order valence-electron chi connectivity index (χ3n) is 3.24. The van der Waals surface area contributed by atoms with Crippen LogP contribution in [0.3, 0.4) is 0 Å². The molecular weight excluding hydrogens is 250 g/mol. The number of ether oxygens (including phenoxy) is 1. The molecule has 4 heteroatoms. The van der Waals surface area contributed by atoms with Crippen LogP contribution in [0.4, 0.5) is 0 Å². The lowest BCUT2D eigenvalue weighted by molar-refractivity contribution is 0.197. The van der Waals surface area contributed by atoms with Crippen molar-refractivity contribution in [2.45, 2.75) is 25.4 Å². The van der Waals surface area contributed by atoms with Crippen LogP contribution in [0.2, 0.25) is 5.02 Å². The predicted octanol–water partition coefficient (Wildman–Crippen LogP) is 2.57. The molecule has 0 radical (unpaired) electrons. The summed E-state index contributed by atoms with van der Waals surface area (Å²) in [5, 5.41) is 9.44. The van der Waals surface area contributed by atoms with Gasteiger partial charge < -0.3 is 9.84 Å². The fraction of sp³-hybridized carbons (Fsp3) is 0.571. The van der Waals surface area contributed by atoms with Gasteiger partial charge in [-0.05, 0) is 37.9 Å². The SMILES string of the molecule is OCCCCN1CCC(Oc2ccccc2Cl)C1. The Labute approximate surface area is 113 Å². The van der Waals surface area contributed by atoms with Crippen LogP contribution in [0.25, 0.3) is 0 Å². The lowest BCUT2D eigenvalue weighted by Gasteiger charge is -2.17. The van der Waals surface area contributed by atoms with Gasteiger partial charge in [-0.15, -0.1) is 0 Å². The van der Waals surface area contributed by atoms with Crippen LogP contribution in [0.1, 0.15) is 19.3 Å². The maximum absolute atomic E-state index is 8.76. The first-order chi connectivity index (χ1) is 8.79. The lowest BCUT2D eigenvalue weighted by atomic mass is 10.3. The van der Waals surface area contributed by atoms with Gasteiger partial charge in [0.05, 0.1) is 5.02 Å². The number of nitrogens with zero attached hydrogens (tertiary/aromatic N) is 1. The van der Waals surface area contributed by atoms with Crippen LogP contribution in [0, 0.1) is 0 Å². The summed E-state index contributed by atoms with van der Waals surface area (Å²) in [6, 6.07) is 7.61. The molecule has 0 saturated carbocycles. The molecule has 1 aromatic carbocycles. The van der Waals surface area contributed by atoms with E-state index in [2.05, 4.69) is 4.90 Å². The van der Waals surface area contributed by atoms with E-state index in [4.69, 9.17) is 21.4 Å². The summed E-state index contributed by atoms with van der Waals surface area (Å²) in [6.45, 7) is 3.35. The number of hydrogen-bond acceptors (Lipinski definition) is 3. The third kappa shape index (κ3) is 3.87. The van der Waals surface area contributed by atoms with Gasteiger partial charge in [-0.3, -0.25) is 4.90 Å². The summed E-state index contributed by atoms with van der Waals surface area (Å²) in [7, 11) is 0.